The molecule has 0 aromatic carbocycles. The summed E-state index contributed by atoms with van der Waals surface area (Å²) in [6, 6.07) is 2.99. The van der Waals surface area contributed by atoms with E-state index in [9.17, 15) is 18.3 Å². The highest BCUT2D eigenvalue weighted by Crippen LogP contribution is 2.34. The number of alkyl halides is 3. The number of pyridine rings is 1. The molecule has 0 bridgehead atoms. The molecular weight excluding hydrogens is 235 g/mol. The molecule has 1 atom stereocenters. The van der Waals surface area contributed by atoms with Crippen LogP contribution >= 0.6 is 0 Å². The minimum absolute atomic E-state index is 0.213. The Bertz CT molecular complexity index is 410. The lowest BCUT2D eigenvalue weighted by molar-refractivity contribution is -0.176. The van der Waals surface area contributed by atoms with Gasteiger partial charge in [-0.15, -0.1) is 0 Å². The molecule has 0 spiro atoms. The second-order valence-corrected chi connectivity index (χ2v) is 4.12. The van der Waals surface area contributed by atoms with Crippen molar-refractivity contribution in [2.75, 3.05) is 18.8 Å². The minimum atomic E-state index is -3.08. The molecule has 0 amide bonds. The number of β-amino-alcohol motifs (C(OH)–C–C–N with tert-alkyl or cyclic N) is 1. The molecule has 1 fully saturated rings. The van der Waals surface area contributed by atoms with Crippen LogP contribution in [0.2, 0.25) is 0 Å². The van der Waals surface area contributed by atoms with Crippen molar-refractivity contribution in [3.8, 4) is 0 Å². The Kier molecular flexibility index (Phi) is 2.96. The van der Waals surface area contributed by atoms with Crippen LogP contribution in [0.15, 0.2) is 18.3 Å². The zero-order valence-electron chi connectivity index (χ0n) is 8.85. The summed E-state index contributed by atoms with van der Waals surface area (Å²) in [5.41, 5.74) is 4.81. The Labute approximate surface area is 95.9 Å². The number of aromatic nitrogens is 1. The first-order valence-electron chi connectivity index (χ1n) is 5.03. The van der Waals surface area contributed by atoms with Gasteiger partial charge in [-0.2, -0.15) is 0 Å². The third-order valence-corrected chi connectivity index (χ3v) is 2.75. The lowest BCUT2D eigenvalue weighted by Gasteiger charge is -2.47. The number of hydrogen-bond acceptors (Lipinski definition) is 4. The van der Waals surface area contributed by atoms with Crippen LogP contribution in [0.4, 0.5) is 18.9 Å². The number of likely N-dealkylation sites (tertiary alicyclic amines) is 1. The molecule has 17 heavy (non-hydrogen) atoms. The average Bonchev–Trinajstić information content (AvgIpc) is 2.23. The number of nitrogen functional groups attached to an aromatic ring is 1. The van der Waals surface area contributed by atoms with Crippen molar-refractivity contribution in [2.45, 2.75) is 18.3 Å². The maximum atomic E-state index is 12.9. The van der Waals surface area contributed by atoms with Crippen LogP contribution in [-0.4, -0.2) is 40.8 Å². The van der Waals surface area contributed by atoms with Crippen LogP contribution in [0.3, 0.4) is 0 Å². The molecule has 2 rings (SSSR count). The van der Waals surface area contributed by atoms with E-state index in [1.807, 2.05) is 0 Å². The second kappa shape index (κ2) is 4.15. The number of halogens is 3. The van der Waals surface area contributed by atoms with Crippen LogP contribution in [0.1, 0.15) is 5.69 Å². The predicted molar refractivity (Wildman–Crippen MR) is 55.0 cm³/mol. The third-order valence-electron chi connectivity index (χ3n) is 2.75. The predicted octanol–water partition coefficient (Wildman–Crippen LogP) is 0.728. The van der Waals surface area contributed by atoms with E-state index in [4.69, 9.17) is 5.73 Å². The fourth-order valence-electron chi connectivity index (χ4n) is 1.82. The lowest BCUT2D eigenvalue weighted by atomic mass is 9.89. The van der Waals surface area contributed by atoms with Crippen molar-refractivity contribution < 1.29 is 18.3 Å². The molecule has 1 aliphatic heterocycles. The summed E-state index contributed by atoms with van der Waals surface area (Å²) in [6.45, 7) is -0.427. The van der Waals surface area contributed by atoms with Gasteiger partial charge in [-0.05, 0) is 12.1 Å². The highest BCUT2D eigenvalue weighted by Gasteiger charge is 2.48. The van der Waals surface area contributed by atoms with E-state index in [1.165, 1.54) is 12.3 Å². The number of hydrogen-bond donors (Lipinski definition) is 2. The van der Waals surface area contributed by atoms with Crippen LogP contribution in [0, 0.1) is 0 Å². The summed E-state index contributed by atoms with van der Waals surface area (Å²) in [6.07, 6.45) is -4.02. The zero-order chi connectivity index (χ0) is 12.6. The van der Waals surface area contributed by atoms with Gasteiger partial charge in [0.05, 0.1) is 5.69 Å². The molecule has 1 aromatic heterocycles. The number of nitrogens with two attached hydrogens (primary N) is 1. The van der Waals surface area contributed by atoms with Crippen molar-refractivity contribution in [2.24, 2.45) is 0 Å². The van der Waals surface area contributed by atoms with Gasteiger partial charge in [-0.25, -0.2) is 13.2 Å². The number of rotatable bonds is 3. The van der Waals surface area contributed by atoms with Gasteiger partial charge in [-0.1, -0.05) is 0 Å². The lowest BCUT2D eigenvalue weighted by Crippen LogP contribution is -2.63. The Morgan fingerprint density at radius 3 is 2.59 bits per heavy atom. The first-order chi connectivity index (χ1) is 7.92. The van der Waals surface area contributed by atoms with Gasteiger partial charge in [0.2, 0.25) is 6.30 Å². The fourth-order valence-corrected chi connectivity index (χ4v) is 1.82. The average molecular weight is 247 g/mol. The number of nitrogens with zero attached hydrogens (tertiary/aromatic N) is 2. The first-order valence-corrected chi connectivity index (χ1v) is 5.03. The molecule has 2 heterocycles. The van der Waals surface area contributed by atoms with E-state index < -0.39 is 18.3 Å². The van der Waals surface area contributed by atoms with Crippen molar-refractivity contribution in [3.05, 3.63) is 24.0 Å². The van der Waals surface area contributed by atoms with E-state index >= 15 is 0 Å². The topological polar surface area (TPSA) is 62.4 Å². The van der Waals surface area contributed by atoms with Crippen molar-refractivity contribution in [3.63, 3.8) is 0 Å². The summed E-state index contributed by atoms with van der Waals surface area (Å²) in [7, 11) is 0. The summed E-state index contributed by atoms with van der Waals surface area (Å²) in [5.74, 6) is 0. The quantitative estimate of drug-likeness (QED) is 0.773. The molecule has 1 aliphatic rings. The SMILES string of the molecule is Nc1ccnc(C2(O)CN(C(F)C(F)F)C2)c1. The summed E-state index contributed by atoms with van der Waals surface area (Å²) in [5, 5.41) is 10.0. The minimum Gasteiger partial charge on any atom is -0.399 e. The molecule has 0 radical (unpaired) electrons. The summed E-state index contributed by atoms with van der Waals surface area (Å²) < 4.78 is 37.1. The maximum Gasteiger partial charge on any atom is 0.282 e. The van der Waals surface area contributed by atoms with Gasteiger partial charge in [0.25, 0.3) is 6.43 Å². The molecule has 4 nitrogen and oxygen atoms in total. The molecule has 94 valence electrons. The second-order valence-electron chi connectivity index (χ2n) is 4.12. The van der Waals surface area contributed by atoms with Crippen LogP contribution in [-0.2, 0) is 5.60 Å². The van der Waals surface area contributed by atoms with E-state index in [-0.39, 0.29) is 18.8 Å². The Hall–Kier alpha value is -1.34. The Morgan fingerprint density at radius 1 is 1.41 bits per heavy atom. The Balaban J connectivity index is 2.06. The monoisotopic (exact) mass is 247 g/mol. The third kappa shape index (κ3) is 2.20. The fraction of sp³-hybridized carbons (Fsp3) is 0.500. The smallest absolute Gasteiger partial charge is 0.282 e. The van der Waals surface area contributed by atoms with Gasteiger partial charge < -0.3 is 10.8 Å². The van der Waals surface area contributed by atoms with Gasteiger partial charge in [0.15, 0.2) is 0 Å². The van der Waals surface area contributed by atoms with Crippen LogP contribution in [0.5, 0.6) is 0 Å². The van der Waals surface area contributed by atoms with Gasteiger partial charge in [-0.3, -0.25) is 9.88 Å². The van der Waals surface area contributed by atoms with Crippen LogP contribution in [0.25, 0.3) is 0 Å². The van der Waals surface area contributed by atoms with E-state index in [2.05, 4.69) is 4.98 Å². The molecule has 1 aromatic rings. The number of anilines is 1. The maximum absolute atomic E-state index is 12.9. The summed E-state index contributed by atoms with van der Waals surface area (Å²) in [4.78, 5) is 4.76. The van der Waals surface area contributed by atoms with E-state index in [1.54, 1.807) is 6.07 Å². The zero-order valence-corrected chi connectivity index (χ0v) is 8.85. The van der Waals surface area contributed by atoms with E-state index in [0.29, 0.717) is 5.69 Å². The first kappa shape index (κ1) is 12.1. The molecular formula is C10H12F3N3O. The molecule has 1 saturated heterocycles. The standard InChI is InChI=1S/C10H12F3N3O/c11-8(12)9(13)16-4-10(17,5-16)7-3-6(14)1-2-15-7/h1-3,8-9,17H,4-5H2,(H2,14,15). The summed E-state index contributed by atoms with van der Waals surface area (Å²) >= 11 is 0. The van der Waals surface area contributed by atoms with Gasteiger partial charge >= 0.3 is 0 Å². The van der Waals surface area contributed by atoms with Crippen molar-refractivity contribution in [1.29, 1.82) is 0 Å². The van der Waals surface area contributed by atoms with Gasteiger partial charge in [0.1, 0.15) is 5.60 Å². The normalized spacial score (nSPS) is 21.2. The Morgan fingerprint density at radius 2 is 2.06 bits per heavy atom. The van der Waals surface area contributed by atoms with E-state index in [0.717, 1.165) is 4.90 Å². The van der Waals surface area contributed by atoms with Crippen LogP contribution < -0.4 is 5.73 Å². The molecule has 1 unspecified atom stereocenters. The molecule has 0 saturated carbocycles. The molecule has 3 N–H and O–H groups in total. The highest BCUT2D eigenvalue weighted by atomic mass is 19.3. The molecule has 0 aliphatic carbocycles. The largest absolute Gasteiger partial charge is 0.399 e. The van der Waals surface area contributed by atoms with Crippen molar-refractivity contribution >= 4 is 5.69 Å². The van der Waals surface area contributed by atoms with Crippen molar-refractivity contribution in [1.82, 2.24) is 9.88 Å². The molecule has 7 heteroatoms. The number of aliphatic hydroxyl groups is 1. The van der Waals surface area contributed by atoms with Gasteiger partial charge in [0, 0.05) is 25.0 Å². The highest BCUT2D eigenvalue weighted by molar-refractivity contribution is 5.39.